The maximum Gasteiger partial charge on any atom is 0.269 e. The van der Waals surface area contributed by atoms with Crippen molar-refractivity contribution >= 4 is 21.8 Å². The van der Waals surface area contributed by atoms with Crippen molar-refractivity contribution in [3.05, 3.63) is 82.2 Å². The zero-order valence-electron chi connectivity index (χ0n) is 25.4. The number of benzene rings is 2. The first-order valence-electron chi connectivity index (χ1n) is 14.7. The highest BCUT2D eigenvalue weighted by molar-refractivity contribution is 7.88. The lowest BCUT2D eigenvalue weighted by molar-refractivity contribution is 0.00460. The number of hydrogen-bond donors (Lipinski definition) is 2. The van der Waals surface area contributed by atoms with Crippen molar-refractivity contribution < 1.29 is 27.5 Å². The van der Waals surface area contributed by atoms with E-state index in [0.717, 1.165) is 29.7 Å². The predicted octanol–water partition coefficient (Wildman–Crippen LogP) is 2.22. The normalized spacial score (nSPS) is 16.1. The van der Waals surface area contributed by atoms with Gasteiger partial charge in [-0.1, -0.05) is 36.4 Å². The highest BCUT2D eigenvalue weighted by Crippen LogP contribution is 2.39. The van der Waals surface area contributed by atoms with Crippen LogP contribution in [0.5, 0.6) is 5.75 Å². The molecule has 3 aromatic rings. The van der Waals surface area contributed by atoms with E-state index in [-0.39, 0.29) is 18.4 Å². The molecule has 12 nitrogen and oxygen atoms in total. The van der Waals surface area contributed by atoms with Crippen LogP contribution in [0, 0.1) is 0 Å². The minimum Gasteiger partial charge on any atom is -0.496 e. The first-order valence-corrected chi connectivity index (χ1v) is 16.6. The molecule has 1 aliphatic carbocycles. The van der Waals surface area contributed by atoms with Crippen molar-refractivity contribution in [2.45, 2.75) is 38.5 Å². The van der Waals surface area contributed by atoms with Crippen molar-refractivity contribution in [3.8, 4) is 5.75 Å². The van der Waals surface area contributed by atoms with Crippen LogP contribution in [0.3, 0.4) is 0 Å². The highest BCUT2D eigenvalue weighted by atomic mass is 32.2. The number of piperazine rings is 1. The van der Waals surface area contributed by atoms with E-state index in [2.05, 4.69) is 20.6 Å². The molecule has 236 valence electrons. The van der Waals surface area contributed by atoms with Gasteiger partial charge in [0.15, 0.2) is 0 Å². The molecule has 2 aliphatic rings. The number of amides is 2. The third kappa shape index (κ3) is 8.03. The average Bonchev–Trinajstić information content (AvgIpc) is 3.80. The molecule has 1 saturated carbocycles. The summed E-state index contributed by atoms with van der Waals surface area (Å²) < 4.78 is 37.9. The molecule has 2 amide bonds. The van der Waals surface area contributed by atoms with Crippen LogP contribution in [-0.2, 0) is 41.5 Å². The zero-order valence-corrected chi connectivity index (χ0v) is 26.2. The fraction of sp³-hybridized carbons (Fsp3) is 0.452. The van der Waals surface area contributed by atoms with Crippen LogP contribution in [0.25, 0.3) is 0 Å². The number of nitrogens with zero attached hydrogens (tertiary/aromatic N) is 4. The van der Waals surface area contributed by atoms with Gasteiger partial charge in [0.05, 0.1) is 38.0 Å². The molecule has 1 aliphatic heterocycles. The molecule has 0 spiro atoms. The van der Waals surface area contributed by atoms with E-state index in [1.54, 1.807) is 23.9 Å². The molecule has 2 aromatic carbocycles. The summed E-state index contributed by atoms with van der Waals surface area (Å²) in [5.74, 6) is 0.364. The Morgan fingerprint density at radius 3 is 2.30 bits per heavy atom. The lowest BCUT2D eigenvalue weighted by Gasteiger charge is -2.32. The topological polar surface area (TPSA) is 135 Å². The van der Waals surface area contributed by atoms with Gasteiger partial charge in [0.1, 0.15) is 11.4 Å². The summed E-state index contributed by atoms with van der Waals surface area (Å²) in [6.45, 7) is 3.63. The Morgan fingerprint density at radius 2 is 1.64 bits per heavy atom. The number of sulfonamides is 1. The minimum atomic E-state index is -3.15. The van der Waals surface area contributed by atoms with Crippen LogP contribution < -0.4 is 15.4 Å². The standard InChI is InChI=1S/C31H40N6O6S/c1-35-28(17-27(34-35)24-11-12-24)31(39)33-19-25-5-4-6-26(29(25)42-2)30(38)32-18-22-7-9-23(10-8-22)20-43-21-36-13-15-37(16-14-36)44(3,40)41/h4-10,17,24H,11-16,18-21H2,1-3H3,(H,32,38)(H,33,39). The van der Waals surface area contributed by atoms with E-state index in [9.17, 15) is 18.0 Å². The predicted molar refractivity (Wildman–Crippen MR) is 165 cm³/mol. The molecule has 44 heavy (non-hydrogen) atoms. The molecule has 0 bridgehead atoms. The number of carbonyl (C=O) groups excluding carboxylic acids is 2. The molecule has 0 atom stereocenters. The van der Waals surface area contributed by atoms with Gasteiger partial charge in [-0.05, 0) is 36.1 Å². The lowest BCUT2D eigenvalue weighted by atomic mass is 10.1. The molecule has 0 radical (unpaired) electrons. The van der Waals surface area contributed by atoms with Gasteiger partial charge in [0.25, 0.3) is 11.8 Å². The molecule has 1 aromatic heterocycles. The summed E-state index contributed by atoms with van der Waals surface area (Å²) in [6.07, 6.45) is 3.46. The van der Waals surface area contributed by atoms with Gasteiger partial charge in [-0.3, -0.25) is 19.2 Å². The zero-order chi connectivity index (χ0) is 31.3. The molecule has 0 unspecified atom stereocenters. The van der Waals surface area contributed by atoms with Gasteiger partial charge < -0.3 is 20.1 Å². The molecule has 2 fully saturated rings. The van der Waals surface area contributed by atoms with Crippen molar-refractivity contribution in [1.29, 1.82) is 0 Å². The van der Waals surface area contributed by atoms with E-state index >= 15 is 0 Å². The quantitative estimate of drug-likeness (QED) is 0.296. The van der Waals surface area contributed by atoms with Gasteiger partial charge in [-0.2, -0.15) is 9.40 Å². The highest BCUT2D eigenvalue weighted by Gasteiger charge is 2.28. The number of nitrogens with one attached hydrogen (secondary N) is 2. The average molecular weight is 625 g/mol. The van der Waals surface area contributed by atoms with Crippen molar-refractivity contribution in [3.63, 3.8) is 0 Å². The van der Waals surface area contributed by atoms with Crippen LogP contribution in [0.4, 0.5) is 0 Å². The Morgan fingerprint density at radius 1 is 0.955 bits per heavy atom. The number of aryl methyl sites for hydroxylation is 1. The van der Waals surface area contributed by atoms with Gasteiger partial charge in [-0.15, -0.1) is 0 Å². The molecule has 2 N–H and O–H groups in total. The number of methoxy groups -OCH3 is 1. The summed E-state index contributed by atoms with van der Waals surface area (Å²) >= 11 is 0. The summed E-state index contributed by atoms with van der Waals surface area (Å²) in [6, 6.07) is 15.0. The van der Waals surface area contributed by atoms with Crippen molar-refractivity contribution in [2.24, 2.45) is 7.05 Å². The fourth-order valence-corrected chi connectivity index (χ4v) is 6.03. The van der Waals surface area contributed by atoms with E-state index in [1.807, 2.05) is 36.4 Å². The summed E-state index contributed by atoms with van der Waals surface area (Å²) in [5, 5.41) is 10.3. The Kier molecular flexibility index (Phi) is 9.99. The number of rotatable bonds is 13. The molecular weight excluding hydrogens is 584 g/mol. The Hall–Kier alpha value is -3.78. The van der Waals surface area contributed by atoms with E-state index in [0.29, 0.717) is 74.5 Å². The maximum absolute atomic E-state index is 13.1. The number of carbonyl (C=O) groups is 2. The van der Waals surface area contributed by atoms with E-state index in [4.69, 9.17) is 9.47 Å². The fourth-order valence-electron chi connectivity index (χ4n) is 5.20. The molecule has 1 saturated heterocycles. The Balaban J connectivity index is 1.09. The number of hydrogen-bond acceptors (Lipinski definition) is 8. The second kappa shape index (κ2) is 13.9. The minimum absolute atomic E-state index is 0.202. The van der Waals surface area contributed by atoms with Crippen LogP contribution in [0.1, 0.15) is 62.0 Å². The van der Waals surface area contributed by atoms with E-state index in [1.165, 1.54) is 17.7 Å². The summed E-state index contributed by atoms with van der Waals surface area (Å²) in [5.41, 5.74) is 4.47. The number of ether oxygens (including phenoxy) is 2. The third-order valence-electron chi connectivity index (χ3n) is 7.93. The second-order valence-corrected chi connectivity index (χ2v) is 13.3. The molecule has 5 rings (SSSR count). The first kappa shape index (κ1) is 31.6. The number of aromatic nitrogens is 2. The van der Waals surface area contributed by atoms with Crippen LogP contribution in [0.15, 0.2) is 48.5 Å². The Labute approximate surface area is 258 Å². The smallest absolute Gasteiger partial charge is 0.269 e. The van der Waals surface area contributed by atoms with Crippen molar-refractivity contribution in [2.75, 3.05) is 46.3 Å². The number of para-hydroxylation sites is 1. The summed E-state index contributed by atoms with van der Waals surface area (Å²) in [4.78, 5) is 28.0. The van der Waals surface area contributed by atoms with Crippen LogP contribution in [-0.4, -0.2) is 85.5 Å². The molecule has 2 heterocycles. The lowest BCUT2D eigenvalue weighted by Crippen LogP contribution is -2.48. The van der Waals surface area contributed by atoms with Gasteiger partial charge in [-0.25, -0.2) is 8.42 Å². The third-order valence-corrected chi connectivity index (χ3v) is 9.23. The SMILES string of the molecule is COc1c(CNC(=O)c2cc(C3CC3)nn2C)cccc1C(=O)NCc1ccc(COCN2CCN(S(C)(=O)=O)CC2)cc1. The monoisotopic (exact) mass is 624 g/mol. The molecular formula is C31H40N6O6S. The van der Waals surface area contributed by atoms with Gasteiger partial charge in [0, 0.05) is 57.8 Å². The van der Waals surface area contributed by atoms with Gasteiger partial charge in [0.2, 0.25) is 10.0 Å². The summed E-state index contributed by atoms with van der Waals surface area (Å²) in [7, 11) is 0.131. The Bertz CT molecular complexity index is 1580. The maximum atomic E-state index is 13.1. The second-order valence-electron chi connectivity index (χ2n) is 11.3. The largest absolute Gasteiger partial charge is 0.496 e. The van der Waals surface area contributed by atoms with Crippen LogP contribution >= 0.6 is 0 Å². The van der Waals surface area contributed by atoms with Crippen LogP contribution in [0.2, 0.25) is 0 Å². The first-order chi connectivity index (χ1) is 21.1. The van der Waals surface area contributed by atoms with Gasteiger partial charge >= 0.3 is 0 Å². The molecule has 13 heteroatoms. The van der Waals surface area contributed by atoms with E-state index < -0.39 is 10.0 Å². The van der Waals surface area contributed by atoms with Crippen molar-refractivity contribution in [1.82, 2.24) is 29.6 Å².